The number of ether oxygens (including phenoxy) is 1. The highest BCUT2D eigenvalue weighted by atomic mass is 28.4. The average Bonchev–Trinajstić information content (AvgIpc) is 2.93. The molecule has 0 saturated heterocycles. The highest BCUT2D eigenvalue weighted by Gasteiger charge is 2.53. The number of hydrogen-bond acceptors (Lipinski definition) is 4. The second-order valence-electron chi connectivity index (χ2n) is 13.5. The van der Waals surface area contributed by atoms with E-state index >= 15 is 0 Å². The minimum atomic E-state index is -2.80. The summed E-state index contributed by atoms with van der Waals surface area (Å²) in [6.45, 7) is 16.9. The van der Waals surface area contributed by atoms with Gasteiger partial charge in [0, 0.05) is 19.7 Å². The van der Waals surface area contributed by atoms with E-state index in [-0.39, 0.29) is 23.0 Å². The van der Waals surface area contributed by atoms with Gasteiger partial charge in [-0.25, -0.2) is 0 Å². The molecule has 0 radical (unpaired) electrons. The number of allylic oxidation sites excluding steroid dienone is 1. The van der Waals surface area contributed by atoms with E-state index in [9.17, 15) is 9.59 Å². The highest BCUT2D eigenvalue weighted by Crippen LogP contribution is 2.42. The second-order valence-corrected chi connectivity index (χ2v) is 17.8. The Morgan fingerprint density at radius 1 is 0.902 bits per heavy atom. The molecule has 3 atom stereocenters. The summed E-state index contributed by atoms with van der Waals surface area (Å²) in [6, 6.07) is 21.2. The van der Waals surface area contributed by atoms with Crippen molar-refractivity contribution in [2.45, 2.75) is 96.8 Å². The van der Waals surface area contributed by atoms with Gasteiger partial charge in [0.05, 0.1) is 11.8 Å². The molecule has 6 heteroatoms. The van der Waals surface area contributed by atoms with Crippen molar-refractivity contribution >= 4 is 30.6 Å². The Bertz CT molecular complexity index is 1100. The minimum absolute atomic E-state index is 0.0309. The first-order valence-corrected chi connectivity index (χ1v) is 17.1. The molecule has 0 spiro atoms. The Balaban J connectivity index is 1.96. The summed E-state index contributed by atoms with van der Waals surface area (Å²) in [6.07, 6.45) is 6.39. The van der Waals surface area contributed by atoms with Crippen LogP contribution in [-0.2, 0) is 18.8 Å². The van der Waals surface area contributed by atoms with Gasteiger partial charge in [-0.2, -0.15) is 0 Å². The van der Waals surface area contributed by atoms with E-state index in [0.717, 1.165) is 25.7 Å². The first kappa shape index (κ1) is 32.8. The quantitative estimate of drug-likeness (QED) is 0.132. The Morgan fingerprint density at radius 2 is 1.46 bits per heavy atom. The number of benzene rings is 2. The number of rotatable bonds is 11. The maximum atomic E-state index is 13.7. The fourth-order valence-electron chi connectivity index (χ4n) is 6.14. The third-order valence-electron chi connectivity index (χ3n) is 8.12. The predicted octanol–water partition coefficient (Wildman–Crippen LogP) is 6.50. The van der Waals surface area contributed by atoms with Crippen LogP contribution in [0, 0.1) is 11.8 Å². The molecule has 0 aromatic heterocycles. The van der Waals surface area contributed by atoms with Gasteiger partial charge in [0.25, 0.3) is 8.32 Å². The van der Waals surface area contributed by atoms with E-state index in [2.05, 4.69) is 75.9 Å². The van der Waals surface area contributed by atoms with Crippen LogP contribution in [0.2, 0.25) is 5.04 Å². The molecule has 1 unspecified atom stereocenters. The highest BCUT2D eigenvalue weighted by molar-refractivity contribution is 6.99. The first-order valence-electron chi connectivity index (χ1n) is 15.2. The van der Waals surface area contributed by atoms with Crippen LogP contribution in [0.5, 0.6) is 0 Å². The van der Waals surface area contributed by atoms with Gasteiger partial charge in [-0.15, -0.1) is 6.58 Å². The molecule has 2 aromatic carbocycles. The summed E-state index contributed by atoms with van der Waals surface area (Å²) in [7, 11) is -0.946. The van der Waals surface area contributed by atoms with E-state index in [1.807, 2.05) is 46.0 Å². The van der Waals surface area contributed by atoms with E-state index in [0.29, 0.717) is 19.4 Å². The average molecular weight is 578 g/mol. The number of carbonyl (C=O) groups is 2. The lowest BCUT2D eigenvalue weighted by Crippen LogP contribution is -2.68. The molecule has 1 fully saturated rings. The lowest BCUT2D eigenvalue weighted by molar-refractivity contribution is -0.168. The van der Waals surface area contributed by atoms with Gasteiger partial charge in [0.1, 0.15) is 5.60 Å². The molecule has 41 heavy (non-hydrogen) atoms. The van der Waals surface area contributed by atoms with Crippen LogP contribution in [0.3, 0.4) is 0 Å². The van der Waals surface area contributed by atoms with Gasteiger partial charge in [-0.1, -0.05) is 87.5 Å². The minimum Gasteiger partial charge on any atom is -0.460 e. The molecule has 224 valence electrons. The van der Waals surface area contributed by atoms with E-state index in [1.54, 1.807) is 4.90 Å². The molecular formula is C35H51NO4Si. The van der Waals surface area contributed by atoms with Crippen LogP contribution >= 0.6 is 0 Å². The van der Waals surface area contributed by atoms with Gasteiger partial charge in [-0.05, 0) is 74.7 Å². The Labute approximate surface area is 249 Å². The van der Waals surface area contributed by atoms with Crippen LogP contribution < -0.4 is 10.4 Å². The van der Waals surface area contributed by atoms with Crippen molar-refractivity contribution in [2.75, 3.05) is 13.6 Å². The topological polar surface area (TPSA) is 55.8 Å². The SMILES string of the molecule is C=CCCCCN(C)C(=O)[C@@H]1CCC(O[Si](c2ccccc2)(c2ccccc2)C(C)(C)C)C[C@H]1C(=O)OC(C)(C)C. The van der Waals surface area contributed by atoms with E-state index < -0.39 is 25.8 Å². The second kappa shape index (κ2) is 14.0. The van der Waals surface area contributed by atoms with Gasteiger partial charge in [0.15, 0.2) is 0 Å². The van der Waals surface area contributed by atoms with Crippen molar-refractivity contribution in [3.05, 3.63) is 73.3 Å². The molecule has 0 N–H and O–H groups in total. The summed E-state index contributed by atoms with van der Waals surface area (Å²) >= 11 is 0. The predicted molar refractivity (Wildman–Crippen MR) is 171 cm³/mol. The molecule has 1 saturated carbocycles. The Hall–Kier alpha value is -2.70. The molecular weight excluding hydrogens is 526 g/mol. The number of unbranched alkanes of at least 4 members (excludes halogenated alkanes) is 2. The molecule has 1 aliphatic rings. The standard InChI is InChI=1S/C35H51NO4Si/c1-9-10-11-18-25-36(8)32(37)30-24-23-27(26-31(30)33(38)39-34(2,3)4)40-41(35(5,6)7,28-19-14-12-15-20-28)29-21-16-13-17-22-29/h9,12-17,19-22,27,30-31H,1,10-11,18,23-26H2,2-8H3/t27?,30-,31-/m1/s1. The normalized spacial score (nSPS) is 19.8. The third-order valence-corrected chi connectivity index (χ3v) is 13.2. The molecule has 3 rings (SSSR count). The number of amides is 1. The lowest BCUT2D eigenvalue weighted by Gasteiger charge is -2.47. The summed E-state index contributed by atoms with van der Waals surface area (Å²) in [4.78, 5) is 29.2. The summed E-state index contributed by atoms with van der Waals surface area (Å²) in [5.74, 6) is -1.22. The van der Waals surface area contributed by atoms with Gasteiger partial charge < -0.3 is 14.1 Å². The van der Waals surface area contributed by atoms with Crippen LogP contribution in [-0.4, -0.2) is 50.4 Å². The molecule has 1 aliphatic carbocycles. The van der Waals surface area contributed by atoms with Gasteiger partial charge >= 0.3 is 5.97 Å². The van der Waals surface area contributed by atoms with Crippen LogP contribution in [0.25, 0.3) is 0 Å². The van der Waals surface area contributed by atoms with Crippen molar-refractivity contribution in [1.82, 2.24) is 4.90 Å². The van der Waals surface area contributed by atoms with Crippen molar-refractivity contribution in [3.63, 3.8) is 0 Å². The van der Waals surface area contributed by atoms with Crippen LogP contribution in [0.4, 0.5) is 0 Å². The smallest absolute Gasteiger partial charge is 0.310 e. The number of nitrogens with zero attached hydrogens (tertiary/aromatic N) is 1. The molecule has 1 amide bonds. The maximum Gasteiger partial charge on any atom is 0.310 e. The zero-order valence-electron chi connectivity index (χ0n) is 26.3. The molecule has 0 aliphatic heterocycles. The summed E-state index contributed by atoms with van der Waals surface area (Å²) in [5, 5.41) is 2.25. The zero-order chi connectivity index (χ0) is 30.3. The van der Waals surface area contributed by atoms with E-state index in [4.69, 9.17) is 9.16 Å². The third kappa shape index (κ3) is 8.20. The summed E-state index contributed by atoms with van der Waals surface area (Å²) in [5.41, 5.74) is -0.632. The van der Waals surface area contributed by atoms with Gasteiger partial charge in [-0.3, -0.25) is 9.59 Å². The van der Waals surface area contributed by atoms with Crippen molar-refractivity contribution < 1.29 is 18.8 Å². The van der Waals surface area contributed by atoms with Gasteiger partial charge in [0.2, 0.25) is 5.91 Å². The maximum absolute atomic E-state index is 13.7. The van der Waals surface area contributed by atoms with Crippen molar-refractivity contribution in [2.24, 2.45) is 11.8 Å². The van der Waals surface area contributed by atoms with Crippen molar-refractivity contribution in [3.8, 4) is 0 Å². The number of esters is 1. The molecule has 2 aromatic rings. The fourth-order valence-corrected chi connectivity index (χ4v) is 10.9. The molecule has 5 nitrogen and oxygen atoms in total. The zero-order valence-corrected chi connectivity index (χ0v) is 27.3. The largest absolute Gasteiger partial charge is 0.460 e. The van der Waals surface area contributed by atoms with E-state index in [1.165, 1.54) is 10.4 Å². The van der Waals surface area contributed by atoms with Crippen LogP contribution in [0.1, 0.15) is 80.1 Å². The molecule has 0 bridgehead atoms. The Kier molecular flexibility index (Phi) is 11.2. The first-order chi connectivity index (χ1) is 19.3. The monoisotopic (exact) mass is 577 g/mol. The lowest BCUT2D eigenvalue weighted by atomic mass is 9.77. The Morgan fingerprint density at radius 3 is 1.95 bits per heavy atom. The summed E-state index contributed by atoms with van der Waals surface area (Å²) < 4.78 is 13.3. The fraction of sp³-hybridized carbons (Fsp3) is 0.543. The molecule has 0 heterocycles. The van der Waals surface area contributed by atoms with Crippen LogP contribution in [0.15, 0.2) is 73.3 Å². The number of carbonyl (C=O) groups excluding carboxylic acids is 2. The van der Waals surface area contributed by atoms with Crippen molar-refractivity contribution in [1.29, 1.82) is 0 Å². The number of hydrogen-bond donors (Lipinski definition) is 0.